The lowest BCUT2D eigenvalue weighted by molar-refractivity contribution is 0.601. The smallest absolute Gasteiger partial charge is 0.261 e. The molecule has 0 aliphatic carbocycles. The molecular weight excluding hydrogens is 370 g/mol. The molecule has 2 N–H and O–H groups in total. The third-order valence-electron chi connectivity index (χ3n) is 3.63. The quantitative estimate of drug-likeness (QED) is 0.653. The summed E-state index contributed by atoms with van der Waals surface area (Å²) in [6, 6.07) is 15.5. The summed E-state index contributed by atoms with van der Waals surface area (Å²) >= 11 is 5.79. The molecule has 0 fully saturated rings. The van der Waals surface area contributed by atoms with Crippen LogP contribution in [0.2, 0.25) is 5.02 Å². The highest BCUT2D eigenvalue weighted by atomic mass is 35.5. The van der Waals surface area contributed by atoms with Crippen LogP contribution in [-0.2, 0) is 10.0 Å². The fourth-order valence-corrected chi connectivity index (χ4v) is 3.72. The van der Waals surface area contributed by atoms with E-state index in [4.69, 9.17) is 11.6 Å². The van der Waals surface area contributed by atoms with E-state index in [0.29, 0.717) is 16.5 Å². The molecule has 0 atom stereocenters. The number of benzene rings is 2. The van der Waals surface area contributed by atoms with Gasteiger partial charge in [-0.05, 0) is 73.5 Å². The molecule has 0 bridgehead atoms. The third-order valence-corrected chi connectivity index (χ3v) is 5.28. The van der Waals surface area contributed by atoms with Crippen molar-refractivity contribution >= 4 is 38.8 Å². The van der Waals surface area contributed by atoms with Gasteiger partial charge in [-0.15, -0.1) is 0 Å². The summed E-state index contributed by atoms with van der Waals surface area (Å²) in [5, 5.41) is 3.69. The van der Waals surface area contributed by atoms with E-state index in [0.717, 1.165) is 16.8 Å². The lowest BCUT2D eigenvalue weighted by Crippen LogP contribution is -2.13. The second-order valence-electron chi connectivity index (χ2n) is 5.99. The summed E-state index contributed by atoms with van der Waals surface area (Å²) in [5.41, 5.74) is 3.62. The van der Waals surface area contributed by atoms with Crippen LogP contribution in [0.5, 0.6) is 0 Å². The highest BCUT2D eigenvalue weighted by Crippen LogP contribution is 2.21. The molecule has 134 valence electrons. The second-order valence-corrected chi connectivity index (χ2v) is 8.11. The first-order valence-corrected chi connectivity index (χ1v) is 9.78. The van der Waals surface area contributed by atoms with Crippen molar-refractivity contribution in [2.75, 3.05) is 10.0 Å². The molecule has 26 heavy (non-hydrogen) atoms. The van der Waals surface area contributed by atoms with Crippen molar-refractivity contribution in [3.8, 4) is 0 Å². The number of aromatic nitrogens is 1. The molecule has 0 aliphatic heterocycles. The average molecular weight is 388 g/mol. The fourth-order valence-electron chi connectivity index (χ4n) is 2.55. The molecule has 0 amide bonds. The van der Waals surface area contributed by atoms with Crippen molar-refractivity contribution in [2.24, 2.45) is 0 Å². The summed E-state index contributed by atoms with van der Waals surface area (Å²) in [7, 11) is -3.68. The van der Waals surface area contributed by atoms with Crippen LogP contribution in [0.1, 0.15) is 11.1 Å². The van der Waals surface area contributed by atoms with Crippen molar-refractivity contribution < 1.29 is 8.42 Å². The van der Waals surface area contributed by atoms with E-state index < -0.39 is 10.0 Å². The third kappa shape index (κ3) is 4.53. The zero-order valence-corrected chi connectivity index (χ0v) is 15.9. The minimum absolute atomic E-state index is 0.138. The monoisotopic (exact) mass is 387 g/mol. The van der Waals surface area contributed by atoms with Gasteiger partial charge in [0.2, 0.25) is 0 Å². The van der Waals surface area contributed by atoms with E-state index in [1.165, 1.54) is 30.5 Å². The van der Waals surface area contributed by atoms with Crippen LogP contribution in [0.15, 0.2) is 65.7 Å². The molecule has 5 nitrogen and oxygen atoms in total. The highest BCUT2D eigenvalue weighted by Gasteiger charge is 2.14. The van der Waals surface area contributed by atoms with Gasteiger partial charge in [0.15, 0.2) is 0 Å². The highest BCUT2D eigenvalue weighted by molar-refractivity contribution is 7.92. The van der Waals surface area contributed by atoms with Crippen molar-refractivity contribution in [3.05, 3.63) is 76.9 Å². The lowest BCUT2D eigenvalue weighted by atomic mass is 10.1. The number of nitrogens with zero attached hydrogens (tertiary/aromatic N) is 1. The molecule has 0 aliphatic rings. The number of pyridine rings is 1. The summed E-state index contributed by atoms with van der Waals surface area (Å²) in [5.74, 6) is 0.629. The summed E-state index contributed by atoms with van der Waals surface area (Å²) < 4.78 is 27.2. The van der Waals surface area contributed by atoms with E-state index in [9.17, 15) is 8.42 Å². The van der Waals surface area contributed by atoms with Crippen LogP contribution in [0.3, 0.4) is 0 Å². The van der Waals surface area contributed by atoms with E-state index in [2.05, 4.69) is 21.1 Å². The predicted molar refractivity (Wildman–Crippen MR) is 106 cm³/mol. The maximum Gasteiger partial charge on any atom is 0.261 e. The minimum atomic E-state index is -3.68. The van der Waals surface area contributed by atoms with Crippen LogP contribution in [-0.4, -0.2) is 13.4 Å². The maximum atomic E-state index is 12.4. The van der Waals surface area contributed by atoms with Gasteiger partial charge >= 0.3 is 0 Å². The van der Waals surface area contributed by atoms with Crippen molar-refractivity contribution in [2.45, 2.75) is 18.7 Å². The van der Waals surface area contributed by atoms with Gasteiger partial charge in [-0.3, -0.25) is 4.72 Å². The van der Waals surface area contributed by atoms with Crippen LogP contribution < -0.4 is 10.0 Å². The van der Waals surface area contributed by atoms with Gasteiger partial charge in [-0.25, -0.2) is 13.4 Å². The molecule has 1 aromatic heterocycles. The molecule has 0 radical (unpaired) electrons. The maximum absolute atomic E-state index is 12.4. The Balaban J connectivity index is 1.74. The number of aryl methyl sites for hydroxylation is 2. The molecular formula is C19H18ClN3O2S. The molecule has 7 heteroatoms. The Hall–Kier alpha value is -2.57. The number of nitrogens with one attached hydrogen (secondary N) is 2. The number of hydrogen-bond donors (Lipinski definition) is 2. The minimum Gasteiger partial charge on any atom is -0.340 e. The number of rotatable bonds is 5. The van der Waals surface area contributed by atoms with Gasteiger partial charge in [0.25, 0.3) is 10.0 Å². The summed E-state index contributed by atoms with van der Waals surface area (Å²) in [6.07, 6.45) is 1.47. The molecule has 0 saturated carbocycles. The molecule has 2 aromatic carbocycles. The van der Waals surface area contributed by atoms with Crippen LogP contribution in [0, 0.1) is 13.8 Å². The van der Waals surface area contributed by atoms with Crippen LogP contribution in [0.25, 0.3) is 0 Å². The Labute approximate surface area is 158 Å². The molecule has 0 spiro atoms. The van der Waals surface area contributed by atoms with E-state index in [-0.39, 0.29) is 4.90 Å². The Morgan fingerprint density at radius 1 is 0.885 bits per heavy atom. The standard InChI is InChI=1S/C19H18ClN3O2S/c1-13-9-14(2)11-17(10-13)22-19-8-5-16(12-21-19)23-26(24,25)18-6-3-15(20)4-7-18/h3-12,23H,1-2H3,(H,21,22). The Kier molecular flexibility index (Phi) is 5.15. The van der Waals surface area contributed by atoms with Crippen molar-refractivity contribution in [3.63, 3.8) is 0 Å². The van der Waals surface area contributed by atoms with Crippen molar-refractivity contribution in [1.29, 1.82) is 0 Å². The topological polar surface area (TPSA) is 71.1 Å². The van der Waals surface area contributed by atoms with E-state index in [1.54, 1.807) is 12.1 Å². The summed E-state index contributed by atoms with van der Waals surface area (Å²) in [6.45, 7) is 4.06. The Bertz CT molecular complexity index is 997. The SMILES string of the molecule is Cc1cc(C)cc(Nc2ccc(NS(=O)(=O)c3ccc(Cl)cc3)cn2)c1. The van der Waals surface area contributed by atoms with Crippen LogP contribution >= 0.6 is 11.6 Å². The number of anilines is 3. The average Bonchev–Trinajstić information content (AvgIpc) is 2.56. The van der Waals surface area contributed by atoms with Gasteiger partial charge in [0.05, 0.1) is 16.8 Å². The molecule has 0 unspecified atom stereocenters. The van der Waals surface area contributed by atoms with Gasteiger partial charge in [-0.2, -0.15) is 0 Å². The van der Waals surface area contributed by atoms with Gasteiger partial charge < -0.3 is 5.32 Å². The second kappa shape index (κ2) is 7.35. The van der Waals surface area contributed by atoms with E-state index in [1.807, 2.05) is 26.0 Å². The van der Waals surface area contributed by atoms with Crippen LogP contribution in [0.4, 0.5) is 17.2 Å². The van der Waals surface area contributed by atoms with Gasteiger partial charge in [0.1, 0.15) is 5.82 Å². The molecule has 0 saturated heterocycles. The molecule has 1 heterocycles. The van der Waals surface area contributed by atoms with E-state index >= 15 is 0 Å². The summed E-state index contributed by atoms with van der Waals surface area (Å²) in [4.78, 5) is 4.40. The molecule has 3 aromatic rings. The fraction of sp³-hybridized carbons (Fsp3) is 0.105. The first kappa shape index (κ1) is 18.2. The Morgan fingerprint density at radius 3 is 2.12 bits per heavy atom. The number of hydrogen-bond acceptors (Lipinski definition) is 4. The largest absolute Gasteiger partial charge is 0.340 e. The number of halogens is 1. The predicted octanol–water partition coefficient (Wildman–Crippen LogP) is 4.90. The first-order valence-electron chi connectivity index (χ1n) is 7.92. The zero-order chi connectivity index (χ0) is 18.7. The van der Waals surface area contributed by atoms with Gasteiger partial charge in [0, 0.05) is 10.7 Å². The zero-order valence-electron chi connectivity index (χ0n) is 14.3. The number of sulfonamides is 1. The Morgan fingerprint density at radius 2 is 1.54 bits per heavy atom. The first-order chi connectivity index (χ1) is 12.3. The van der Waals surface area contributed by atoms with Crippen molar-refractivity contribution in [1.82, 2.24) is 4.98 Å². The molecule has 3 rings (SSSR count). The van der Waals surface area contributed by atoms with Gasteiger partial charge in [-0.1, -0.05) is 17.7 Å². The normalized spacial score (nSPS) is 11.2. The lowest BCUT2D eigenvalue weighted by Gasteiger charge is -2.10.